The van der Waals surface area contributed by atoms with Crippen LogP contribution in [0.4, 0.5) is 0 Å². The molecule has 0 spiro atoms. The zero-order chi connectivity index (χ0) is 17.1. The Labute approximate surface area is 138 Å². The molecule has 2 heterocycles. The Balaban J connectivity index is 1.97. The molecule has 3 rings (SSSR count). The first-order chi connectivity index (χ1) is 11.6. The van der Waals surface area contributed by atoms with Crippen molar-refractivity contribution in [3.63, 3.8) is 0 Å². The Morgan fingerprint density at radius 2 is 1.96 bits per heavy atom. The molecular weight excluding hydrogens is 308 g/mol. The molecule has 122 valence electrons. The molecule has 0 aliphatic carbocycles. The molecule has 0 saturated carbocycles. The van der Waals surface area contributed by atoms with Crippen LogP contribution in [-0.4, -0.2) is 27.7 Å². The molecule has 24 heavy (non-hydrogen) atoms. The number of benzene rings is 1. The third kappa shape index (κ3) is 2.86. The molecule has 0 aliphatic heterocycles. The highest BCUT2D eigenvalue weighted by Gasteiger charge is 2.17. The Bertz CT molecular complexity index is 948. The van der Waals surface area contributed by atoms with Gasteiger partial charge in [0.1, 0.15) is 0 Å². The second-order valence-electron chi connectivity index (χ2n) is 5.32. The summed E-state index contributed by atoms with van der Waals surface area (Å²) in [5.74, 6) is -1.09. The number of aromatic hydroxyl groups is 1. The van der Waals surface area contributed by atoms with Crippen LogP contribution in [0.15, 0.2) is 53.6 Å². The molecule has 1 aromatic carbocycles. The van der Waals surface area contributed by atoms with Crippen LogP contribution in [0.5, 0.6) is 5.75 Å². The van der Waals surface area contributed by atoms with E-state index in [2.05, 4.69) is 9.72 Å². The molecule has 0 bridgehead atoms. The van der Waals surface area contributed by atoms with Gasteiger partial charge < -0.3 is 14.4 Å². The maximum absolute atomic E-state index is 12.5. The number of methoxy groups -OCH3 is 1. The van der Waals surface area contributed by atoms with Crippen LogP contribution in [0.25, 0.3) is 10.8 Å². The van der Waals surface area contributed by atoms with Gasteiger partial charge in [0, 0.05) is 24.3 Å². The first-order valence-electron chi connectivity index (χ1n) is 7.45. The lowest BCUT2D eigenvalue weighted by Gasteiger charge is -2.09. The van der Waals surface area contributed by atoms with Crippen molar-refractivity contribution in [3.8, 4) is 5.75 Å². The molecular formula is C18H16N2O4. The van der Waals surface area contributed by atoms with Crippen molar-refractivity contribution in [1.82, 2.24) is 9.55 Å². The lowest BCUT2D eigenvalue weighted by molar-refractivity contribution is 0.0591. The number of ether oxygens (including phenoxy) is 1. The molecule has 0 unspecified atom stereocenters. The van der Waals surface area contributed by atoms with Crippen molar-refractivity contribution >= 4 is 16.7 Å². The second kappa shape index (κ2) is 6.54. The van der Waals surface area contributed by atoms with E-state index in [1.807, 2.05) is 30.3 Å². The van der Waals surface area contributed by atoms with Crippen molar-refractivity contribution in [3.05, 3.63) is 70.4 Å². The fraction of sp³-hybridized carbons (Fsp3) is 0.167. The third-order valence-electron chi connectivity index (χ3n) is 3.87. The van der Waals surface area contributed by atoms with E-state index in [0.717, 1.165) is 5.56 Å². The van der Waals surface area contributed by atoms with Crippen LogP contribution < -0.4 is 5.56 Å². The second-order valence-corrected chi connectivity index (χ2v) is 5.32. The quantitative estimate of drug-likeness (QED) is 0.744. The minimum Gasteiger partial charge on any atom is -0.505 e. The largest absolute Gasteiger partial charge is 0.505 e. The van der Waals surface area contributed by atoms with Crippen LogP contribution in [0.2, 0.25) is 0 Å². The van der Waals surface area contributed by atoms with Gasteiger partial charge in [-0.3, -0.25) is 4.79 Å². The zero-order valence-corrected chi connectivity index (χ0v) is 13.1. The number of nitrogens with zero attached hydrogens (tertiary/aromatic N) is 2. The summed E-state index contributed by atoms with van der Waals surface area (Å²) >= 11 is 0. The van der Waals surface area contributed by atoms with E-state index in [0.29, 0.717) is 13.0 Å². The predicted molar refractivity (Wildman–Crippen MR) is 89.2 cm³/mol. The summed E-state index contributed by atoms with van der Waals surface area (Å²) in [6, 6.07) is 11.5. The Morgan fingerprint density at radius 3 is 2.67 bits per heavy atom. The molecule has 3 aromatic rings. The van der Waals surface area contributed by atoms with E-state index in [-0.39, 0.29) is 27.8 Å². The Kier molecular flexibility index (Phi) is 4.29. The molecule has 0 amide bonds. The van der Waals surface area contributed by atoms with Crippen molar-refractivity contribution in [2.45, 2.75) is 13.0 Å². The van der Waals surface area contributed by atoms with Crippen molar-refractivity contribution < 1.29 is 14.6 Å². The minimum atomic E-state index is -0.748. The summed E-state index contributed by atoms with van der Waals surface area (Å²) in [4.78, 5) is 28.0. The topological polar surface area (TPSA) is 81.4 Å². The molecule has 0 radical (unpaired) electrons. The average molecular weight is 324 g/mol. The van der Waals surface area contributed by atoms with Gasteiger partial charge in [0.05, 0.1) is 12.5 Å². The van der Waals surface area contributed by atoms with Gasteiger partial charge in [0.15, 0.2) is 11.4 Å². The fourth-order valence-corrected chi connectivity index (χ4v) is 2.56. The summed E-state index contributed by atoms with van der Waals surface area (Å²) in [5, 5.41) is 10.7. The summed E-state index contributed by atoms with van der Waals surface area (Å²) in [6.45, 7) is 0.512. The molecule has 0 saturated heterocycles. The van der Waals surface area contributed by atoms with Gasteiger partial charge in [-0.05, 0) is 18.1 Å². The van der Waals surface area contributed by atoms with E-state index in [4.69, 9.17) is 0 Å². The first-order valence-corrected chi connectivity index (χ1v) is 7.45. The number of carbonyl (C=O) groups excluding carboxylic acids is 1. The van der Waals surface area contributed by atoms with E-state index >= 15 is 0 Å². The maximum atomic E-state index is 12.5. The number of carbonyl (C=O) groups is 1. The number of hydrogen-bond acceptors (Lipinski definition) is 5. The zero-order valence-electron chi connectivity index (χ0n) is 13.1. The monoisotopic (exact) mass is 324 g/mol. The number of aromatic nitrogens is 2. The Hall–Kier alpha value is -3.15. The number of hydrogen-bond donors (Lipinski definition) is 1. The number of pyridine rings is 2. The van der Waals surface area contributed by atoms with E-state index in [1.54, 1.807) is 16.8 Å². The molecule has 0 fully saturated rings. The van der Waals surface area contributed by atoms with Crippen LogP contribution in [0.3, 0.4) is 0 Å². The van der Waals surface area contributed by atoms with Gasteiger partial charge in [-0.25, -0.2) is 9.78 Å². The first kappa shape index (κ1) is 15.7. The summed E-state index contributed by atoms with van der Waals surface area (Å²) < 4.78 is 6.13. The highest BCUT2D eigenvalue weighted by Crippen LogP contribution is 2.25. The number of aryl methyl sites for hydroxylation is 2. The van der Waals surface area contributed by atoms with Crippen molar-refractivity contribution in [1.29, 1.82) is 0 Å². The van der Waals surface area contributed by atoms with E-state index < -0.39 is 5.97 Å². The van der Waals surface area contributed by atoms with Gasteiger partial charge in [-0.15, -0.1) is 0 Å². The molecule has 0 aliphatic rings. The minimum absolute atomic E-state index is 0.202. The van der Waals surface area contributed by atoms with Crippen LogP contribution >= 0.6 is 0 Å². The number of fused-ring (bicyclic) bond motifs is 1. The van der Waals surface area contributed by atoms with Gasteiger partial charge >= 0.3 is 5.97 Å². The standard InChI is InChI=1S/C18H16N2O4/c1-24-18(23)15-16(21)13-8-10-20(17(22)14(13)11-19-15)9-7-12-5-3-2-4-6-12/h2-6,8,10-11,21H,7,9H2,1H3. The third-order valence-corrected chi connectivity index (χ3v) is 3.87. The molecule has 6 heteroatoms. The lowest BCUT2D eigenvalue weighted by Crippen LogP contribution is -2.21. The molecule has 6 nitrogen and oxygen atoms in total. The van der Waals surface area contributed by atoms with Crippen molar-refractivity contribution in [2.75, 3.05) is 7.11 Å². The average Bonchev–Trinajstić information content (AvgIpc) is 2.62. The summed E-state index contributed by atoms with van der Waals surface area (Å²) in [7, 11) is 1.20. The summed E-state index contributed by atoms with van der Waals surface area (Å²) in [6.07, 6.45) is 3.61. The molecule has 1 N–H and O–H groups in total. The molecule has 2 aromatic heterocycles. The Morgan fingerprint density at radius 1 is 1.21 bits per heavy atom. The van der Waals surface area contributed by atoms with E-state index in [9.17, 15) is 14.7 Å². The predicted octanol–water partition coefficient (Wildman–Crippen LogP) is 2.13. The SMILES string of the molecule is COC(=O)c1ncc2c(=O)n(CCc3ccccc3)ccc2c1O. The van der Waals surface area contributed by atoms with E-state index in [1.165, 1.54) is 13.3 Å². The van der Waals surface area contributed by atoms with Gasteiger partial charge in [-0.2, -0.15) is 0 Å². The lowest BCUT2D eigenvalue weighted by atomic mass is 10.1. The van der Waals surface area contributed by atoms with Gasteiger partial charge in [0.25, 0.3) is 5.56 Å². The fourth-order valence-electron chi connectivity index (χ4n) is 2.56. The van der Waals surface area contributed by atoms with Crippen LogP contribution in [0.1, 0.15) is 16.1 Å². The molecule has 0 atom stereocenters. The highest BCUT2D eigenvalue weighted by molar-refractivity contribution is 5.98. The highest BCUT2D eigenvalue weighted by atomic mass is 16.5. The van der Waals surface area contributed by atoms with Gasteiger partial charge in [-0.1, -0.05) is 30.3 Å². The number of esters is 1. The smallest absolute Gasteiger partial charge is 0.360 e. The summed E-state index contributed by atoms with van der Waals surface area (Å²) in [5.41, 5.74) is 0.667. The van der Waals surface area contributed by atoms with Crippen molar-refractivity contribution in [2.24, 2.45) is 0 Å². The maximum Gasteiger partial charge on any atom is 0.360 e. The van der Waals surface area contributed by atoms with Crippen LogP contribution in [-0.2, 0) is 17.7 Å². The van der Waals surface area contributed by atoms with Crippen LogP contribution in [0, 0.1) is 0 Å². The van der Waals surface area contributed by atoms with Gasteiger partial charge in [0.2, 0.25) is 0 Å². The normalized spacial score (nSPS) is 10.7. The number of rotatable bonds is 4.